The van der Waals surface area contributed by atoms with Gasteiger partial charge in [-0.15, -0.1) is 0 Å². The van der Waals surface area contributed by atoms with Crippen LogP contribution in [0.5, 0.6) is 5.75 Å². The van der Waals surface area contributed by atoms with Crippen LogP contribution in [0.25, 0.3) is 0 Å². The molecule has 1 N–H and O–H groups in total. The molecule has 0 saturated heterocycles. The third-order valence-electron chi connectivity index (χ3n) is 3.55. The summed E-state index contributed by atoms with van der Waals surface area (Å²) in [5.74, 6) is 0.397. The Kier molecular flexibility index (Phi) is 6.99. The molecule has 0 aliphatic carbocycles. The summed E-state index contributed by atoms with van der Waals surface area (Å²) in [4.78, 5) is 13.9. The van der Waals surface area contributed by atoms with Crippen LogP contribution in [0.2, 0.25) is 0 Å². The molecule has 1 atom stereocenters. The van der Waals surface area contributed by atoms with E-state index >= 15 is 0 Å². The van der Waals surface area contributed by atoms with Crippen molar-refractivity contribution in [1.82, 2.24) is 14.5 Å². The van der Waals surface area contributed by atoms with Crippen LogP contribution in [0.1, 0.15) is 11.6 Å². The van der Waals surface area contributed by atoms with Crippen LogP contribution in [-0.2, 0) is 14.8 Å². The number of carbonyl (C=O) groups excluding carboxylic acids is 1. The molecule has 1 aromatic rings. The zero-order valence-corrected chi connectivity index (χ0v) is 15.1. The van der Waals surface area contributed by atoms with Gasteiger partial charge in [-0.3, -0.25) is 4.79 Å². The maximum Gasteiger partial charge on any atom is 0.235 e. The molecule has 0 heterocycles. The minimum atomic E-state index is -3.37. The SMILES string of the molecule is COc1ccccc1C(CNC(=O)CN(C)S(C)(=O)=O)N(C)C. The summed E-state index contributed by atoms with van der Waals surface area (Å²) in [5.41, 5.74) is 0.955. The molecule has 0 saturated carbocycles. The zero-order valence-electron chi connectivity index (χ0n) is 14.2. The Morgan fingerprint density at radius 2 is 1.87 bits per heavy atom. The van der Waals surface area contributed by atoms with Crippen molar-refractivity contribution in [1.29, 1.82) is 0 Å². The van der Waals surface area contributed by atoms with Crippen LogP contribution >= 0.6 is 0 Å². The number of sulfonamides is 1. The van der Waals surface area contributed by atoms with Gasteiger partial charge in [-0.1, -0.05) is 18.2 Å². The second-order valence-corrected chi connectivity index (χ2v) is 7.63. The van der Waals surface area contributed by atoms with Crippen molar-refractivity contribution >= 4 is 15.9 Å². The van der Waals surface area contributed by atoms with Crippen molar-refractivity contribution in [2.24, 2.45) is 0 Å². The fourth-order valence-corrected chi connectivity index (χ4v) is 2.45. The van der Waals surface area contributed by atoms with Gasteiger partial charge < -0.3 is 15.0 Å². The number of hydrogen-bond donors (Lipinski definition) is 1. The normalized spacial score (nSPS) is 13.2. The lowest BCUT2D eigenvalue weighted by atomic mass is 10.0. The molecular formula is C15H25N3O4S. The van der Waals surface area contributed by atoms with Crippen molar-refractivity contribution in [3.8, 4) is 5.75 Å². The Balaban J connectivity index is 2.77. The standard InChI is InChI=1S/C15H25N3O4S/c1-17(2)13(12-8-6-7-9-14(12)22-4)10-16-15(19)11-18(3)23(5,20)21/h6-9,13H,10-11H2,1-5H3,(H,16,19). The van der Waals surface area contributed by atoms with Crippen molar-refractivity contribution < 1.29 is 17.9 Å². The molecule has 1 aromatic carbocycles. The highest BCUT2D eigenvalue weighted by atomic mass is 32.2. The van der Waals surface area contributed by atoms with Crippen molar-refractivity contribution in [3.63, 3.8) is 0 Å². The smallest absolute Gasteiger partial charge is 0.235 e. The van der Waals surface area contributed by atoms with Crippen molar-refractivity contribution in [2.75, 3.05) is 47.6 Å². The number of benzene rings is 1. The Hall–Kier alpha value is -1.64. The Morgan fingerprint density at radius 3 is 2.39 bits per heavy atom. The van der Waals surface area contributed by atoms with E-state index in [2.05, 4.69) is 5.32 Å². The van der Waals surface area contributed by atoms with Gasteiger partial charge in [0.05, 0.1) is 26.0 Å². The van der Waals surface area contributed by atoms with Gasteiger partial charge in [0.25, 0.3) is 0 Å². The van der Waals surface area contributed by atoms with Gasteiger partial charge in [-0.05, 0) is 20.2 Å². The molecule has 0 spiro atoms. The zero-order chi connectivity index (χ0) is 17.6. The fraction of sp³-hybridized carbons (Fsp3) is 0.533. The summed E-state index contributed by atoms with van der Waals surface area (Å²) in [5, 5.41) is 2.77. The summed E-state index contributed by atoms with van der Waals surface area (Å²) >= 11 is 0. The minimum Gasteiger partial charge on any atom is -0.496 e. The maximum atomic E-state index is 11.9. The molecule has 8 heteroatoms. The van der Waals surface area contributed by atoms with E-state index in [1.54, 1.807) is 7.11 Å². The highest BCUT2D eigenvalue weighted by Crippen LogP contribution is 2.27. The third kappa shape index (κ3) is 5.81. The number of ether oxygens (including phenoxy) is 1. The van der Waals surface area contributed by atoms with Crippen LogP contribution in [-0.4, -0.2) is 71.1 Å². The van der Waals surface area contributed by atoms with Gasteiger partial charge in [0, 0.05) is 19.2 Å². The van der Waals surface area contributed by atoms with E-state index in [0.29, 0.717) is 6.54 Å². The number of carbonyl (C=O) groups is 1. The molecule has 0 aliphatic heterocycles. The largest absolute Gasteiger partial charge is 0.496 e. The first-order chi connectivity index (χ1) is 10.7. The topological polar surface area (TPSA) is 79.0 Å². The molecule has 1 rings (SSSR count). The Bertz CT molecular complexity index is 631. The number of nitrogens with one attached hydrogen (secondary N) is 1. The van der Waals surface area contributed by atoms with Crippen LogP contribution in [0, 0.1) is 0 Å². The summed E-state index contributed by atoms with van der Waals surface area (Å²) in [7, 11) is 3.42. The molecule has 1 unspecified atom stereocenters. The van der Waals surface area contributed by atoms with Crippen molar-refractivity contribution in [3.05, 3.63) is 29.8 Å². The lowest BCUT2D eigenvalue weighted by Gasteiger charge is -2.26. The van der Waals surface area contributed by atoms with Gasteiger partial charge in [-0.25, -0.2) is 8.42 Å². The highest BCUT2D eigenvalue weighted by Gasteiger charge is 2.20. The molecule has 130 valence electrons. The number of likely N-dealkylation sites (N-methyl/N-ethyl adjacent to an activating group) is 2. The van der Waals surface area contributed by atoms with Crippen molar-refractivity contribution in [2.45, 2.75) is 6.04 Å². The average molecular weight is 343 g/mol. The summed E-state index contributed by atoms with van der Waals surface area (Å²) in [6, 6.07) is 7.52. The van der Waals surface area contributed by atoms with E-state index in [1.807, 2.05) is 43.3 Å². The number of rotatable bonds is 8. The molecule has 23 heavy (non-hydrogen) atoms. The van der Waals surface area contributed by atoms with E-state index < -0.39 is 10.0 Å². The molecule has 7 nitrogen and oxygen atoms in total. The molecule has 0 aromatic heterocycles. The second kappa shape index (κ2) is 8.28. The average Bonchev–Trinajstić information content (AvgIpc) is 2.46. The highest BCUT2D eigenvalue weighted by molar-refractivity contribution is 7.88. The van der Waals surface area contributed by atoms with E-state index in [1.165, 1.54) is 7.05 Å². The lowest BCUT2D eigenvalue weighted by Crippen LogP contribution is -2.41. The predicted molar refractivity (Wildman–Crippen MR) is 89.9 cm³/mol. The number of amides is 1. The molecule has 0 radical (unpaired) electrons. The first-order valence-corrected chi connectivity index (χ1v) is 8.99. The van der Waals surface area contributed by atoms with Gasteiger partial charge in [0.1, 0.15) is 5.75 Å². The number of nitrogens with zero attached hydrogens (tertiary/aromatic N) is 2. The van der Waals surface area contributed by atoms with E-state index in [-0.39, 0.29) is 18.5 Å². The monoisotopic (exact) mass is 343 g/mol. The first-order valence-electron chi connectivity index (χ1n) is 7.14. The Labute approximate surface area is 138 Å². The maximum absolute atomic E-state index is 11.9. The molecule has 0 aliphatic rings. The van der Waals surface area contributed by atoms with Gasteiger partial charge >= 0.3 is 0 Å². The van der Waals surface area contributed by atoms with Crippen LogP contribution in [0.3, 0.4) is 0 Å². The van der Waals surface area contributed by atoms with E-state index in [9.17, 15) is 13.2 Å². The number of para-hydroxylation sites is 1. The molecular weight excluding hydrogens is 318 g/mol. The summed E-state index contributed by atoms with van der Waals surface area (Å²) < 4.78 is 29.1. The Morgan fingerprint density at radius 1 is 1.26 bits per heavy atom. The van der Waals surface area contributed by atoms with Gasteiger partial charge in [-0.2, -0.15) is 4.31 Å². The van der Waals surface area contributed by atoms with Gasteiger partial charge in [0.2, 0.25) is 15.9 Å². The summed E-state index contributed by atoms with van der Waals surface area (Å²) in [6.07, 6.45) is 1.07. The molecule has 1 amide bonds. The summed E-state index contributed by atoms with van der Waals surface area (Å²) in [6.45, 7) is 0.148. The van der Waals surface area contributed by atoms with Crippen LogP contribution in [0.15, 0.2) is 24.3 Å². The quantitative estimate of drug-likeness (QED) is 0.735. The number of hydrogen-bond acceptors (Lipinski definition) is 5. The second-order valence-electron chi connectivity index (χ2n) is 5.54. The molecule has 0 bridgehead atoms. The first kappa shape index (κ1) is 19.4. The van der Waals surface area contributed by atoms with E-state index in [0.717, 1.165) is 21.9 Å². The number of methoxy groups -OCH3 is 1. The van der Waals surface area contributed by atoms with E-state index in [4.69, 9.17) is 4.74 Å². The van der Waals surface area contributed by atoms with Crippen LogP contribution < -0.4 is 10.1 Å². The molecule has 0 fully saturated rings. The third-order valence-corrected chi connectivity index (χ3v) is 4.81. The van der Waals surface area contributed by atoms with Crippen LogP contribution in [0.4, 0.5) is 0 Å². The predicted octanol–water partition coefficient (Wildman–Crippen LogP) is 0.306. The fourth-order valence-electron chi connectivity index (χ4n) is 2.10. The minimum absolute atomic E-state index is 0.0846. The van der Waals surface area contributed by atoms with Gasteiger partial charge in [0.15, 0.2) is 0 Å². The lowest BCUT2D eigenvalue weighted by molar-refractivity contribution is -0.121.